The molecule has 0 aliphatic rings. The minimum Gasteiger partial charge on any atom is -0.325 e. The van der Waals surface area contributed by atoms with Gasteiger partial charge in [0.2, 0.25) is 5.91 Å². The van der Waals surface area contributed by atoms with Gasteiger partial charge in [0, 0.05) is 17.8 Å². The molecule has 0 spiro atoms. The summed E-state index contributed by atoms with van der Waals surface area (Å²) in [6.07, 6.45) is 0. The van der Waals surface area contributed by atoms with Crippen molar-refractivity contribution in [2.45, 2.75) is 25.5 Å². The molecule has 5 nitrogen and oxygen atoms in total. The summed E-state index contributed by atoms with van der Waals surface area (Å²) in [6, 6.07) is 14.9. The number of thioether (sulfide) groups is 1. The van der Waals surface area contributed by atoms with E-state index >= 15 is 0 Å². The average Bonchev–Trinajstić information content (AvgIpc) is 3.05. The number of nitrogens with zero attached hydrogens (tertiary/aromatic N) is 3. The Morgan fingerprint density at radius 1 is 1.11 bits per heavy atom. The van der Waals surface area contributed by atoms with E-state index in [2.05, 4.69) is 33.9 Å². The van der Waals surface area contributed by atoms with Crippen LogP contribution < -0.4 is 5.32 Å². The van der Waals surface area contributed by atoms with Crippen molar-refractivity contribution >= 4 is 46.6 Å². The summed E-state index contributed by atoms with van der Waals surface area (Å²) in [5.41, 5.74) is 1.61. The van der Waals surface area contributed by atoms with Gasteiger partial charge in [0.25, 0.3) is 0 Å². The van der Waals surface area contributed by atoms with E-state index in [1.807, 2.05) is 30.3 Å². The molecule has 146 valence electrons. The molecule has 8 heteroatoms. The summed E-state index contributed by atoms with van der Waals surface area (Å²) in [4.78, 5) is 12.3. The quantitative estimate of drug-likeness (QED) is 0.488. The molecule has 1 heterocycles. The molecule has 0 aliphatic carbocycles. The lowest BCUT2D eigenvalue weighted by molar-refractivity contribution is -0.113. The third kappa shape index (κ3) is 5.28. The highest BCUT2D eigenvalue weighted by Gasteiger charge is 2.16. The Labute approximate surface area is 178 Å². The summed E-state index contributed by atoms with van der Waals surface area (Å²) in [5, 5.41) is 13.0. The zero-order valence-electron chi connectivity index (χ0n) is 15.5. The number of anilines is 1. The second-order valence-corrected chi connectivity index (χ2v) is 8.40. The maximum absolute atomic E-state index is 12.3. The molecule has 0 unspecified atom stereocenters. The summed E-state index contributed by atoms with van der Waals surface area (Å²) in [5.74, 6) is 1.29. The van der Waals surface area contributed by atoms with Gasteiger partial charge in [0.15, 0.2) is 11.0 Å². The van der Waals surface area contributed by atoms with Crippen LogP contribution in [0, 0.1) is 5.92 Å². The van der Waals surface area contributed by atoms with Crippen molar-refractivity contribution in [1.29, 1.82) is 0 Å². The molecule has 0 saturated heterocycles. The molecule has 1 amide bonds. The van der Waals surface area contributed by atoms with Crippen molar-refractivity contribution in [2.24, 2.45) is 5.92 Å². The number of benzene rings is 2. The molecule has 2 aromatic carbocycles. The number of hydrogen-bond donors (Lipinski definition) is 1. The smallest absolute Gasteiger partial charge is 0.234 e. The Morgan fingerprint density at radius 2 is 1.86 bits per heavy atom. The van der Waals surface area contributed by atoms with Gasteiger partial charge in [0.05, 0.1) is 15.8 Å². The first kappa shape index (κ1) is 20.7. The van der Waals surface area contributed by atoms with Gasteiger partial charge < -0.3 is 9.88 Å². The first-order valence-corrected chi connectivity index (χ1v) is 10.5. The molecule has 0 radical (unpaired) electrons. The number of halogens is 2. The fourth-order valence-electron chi connectivity index (χ4n) is 2.63. The highest BCUT2D eigenvalue weighted by molar-refractivity contribution is 7.99. The van der Waals surface area contributed by atoms with Crippen molar-refractivity contribution in [2.75, 3.05) is 11.1 Å². The molecule has 0 saturated carbocycles. The minimum atomic E-state index is -0.149. The Bertz CT molecular complexity index is 960. The van der Waals surface area contributed by atoms with Crippen LogP contribution in [0.4, 0.5) is 5.69 Å². The highest BCUT2D eigenvalue weighted by atomic mass is 35.5. The lowest BCUT2D eigenvalue weighted by atomic mass is 10.2. The second-order valence-electron chi connectivity index (χ2n) is 6.64. The van der Waals surface area contributed by atoms with Crippen LogP contribution in [0.3, 0.4) is 0 Å². The molecular formula is C20H20Cl2N4OS. The molecule has 0 bridgehead atoms. The third-order valence-corrected chi connectivity index (χ3v) is 5.54. The first-order chi connectivity index (χ1) is 13.4. The topological polar surface area (TPSA) is 59.8 Å². The molecule has 0 fully saturated rings. The lowest BCUT2D eigenvalue weighted by Crippen LogP contribution is -2.15. The zero-order chi connectivity index (χ0) is 20.1. The number of hydrogen-bond acceptors (Lipinski definition) is 4. The van der Waals surface area contributed by atoms with Crippen molar-refractivity contribution in [1.82, 2.24) is 14.8 Å². The van der Waals surface area contributed by atoms with Crippen LogP contribution in [0.5, 0.6) is 0 Å². The van der Waals surface area contributed by atoms with Gasteiger partial charge in [-0.1, -0.05) is 79.1 Å². The van der Waals surface area contributed by atoms with Gasteiger partial charge in [-0.05, 0) is 24.1 Å². The van der Waals surface area contributed by atoms with Crippen molar-refractivity contribution in [3.8, 4) is 11.4 Å². The molecule has 28 heavy (non-hydrogen) atoms. The molecule has 0 aliphatic heterocycles. The molecule has 3 rings (SSSR count). The predicted molar refractivity (Wildman–Crippen MR) is 116 cm³/mol. The fraction of sp³-hybridized carbons (Fsp3) is 0.250. The molecule has 1 aromatic heterocycles. The lowest BCUT2D eigenvalue weighted by Gasteiger charge is -2.12. The van der Waals surface area contributed by atoms with Crippen LogP contribution in [0.2, 0.25) is 10.0 Å². The first-order valence-electron chi connectivity index (χ1n) is 8.80. The third-order valence-electron chi connectivity index (χ3n) is 3.83. The molecule has 0 atom stereocenters. The number of carbonyl (C=O) groups excluding carboxylic acids is 1. The van der Waals surface area contributed by atoms with E-state index in [9.17, 15) is 4.79 Å². The van der Waals surface area contributed by atoms with Crippen molar-refractivity contribution in [3.05, 3.63) is 58.6 Å². The van der Waals surface area contributed by atoms with E-state index in [1.165, 1.54) is 11.8 Å². The number of aromatic nitrogens is 3. The Hall–Kier alpha value is -2.02. The van der Waals surface area contributed by atoms with Gasteiger partial charge in [-0.2, -0.15) is 0 Å². The predicted octanol–water partition coefficient (Wildman–Crippen LogP) is 5.64. The maximum atomic E-state index is 12.3. The summed E-state index contributed by atoms with van der Waals surface area (Å²) in [7, 11) is 0. The maximum Gasteiger partial charge on any atom is 0.234 e. The largest absolute Gasteiger partial charge is 0.325 e. The summed E-state index contributed by atoms with van der Waals surface area (Å²) in [6.45, 7) is 5.05. The van der Waals surface area contributed by atoms with Crippen molar-refractivity contribution in [3.63, 3.8) is 0 Å². The van der Waals surface area contributed by atoms with E-state index in [1.54, 1.807) is 18.2 Å². The number of amides is 1. The Kier molecular flexibility index (Phi) is 6.99. The van der Waals surface area contributed by atoms with E-state index in [-0.39, 0.29) is 11.7 Å². The van der Waals surface area contributed by atoms with Crippen molar-refractivity contribution < 1.29 is 4.79 Å². The fourth-order valence-corrected chi connectivity index (χ4v) is 3.67. The SMILES string of the molecule is CC(C)Cn1c(SCC(=O)Nc2ccc(Cl)c(Cl)c2)nnc1-c1ccccc1. The van der Waals surface area contributed by atoms with Crippen LogP contribution in [0.25, 0.3) is 11.4 Å². The molecule has 3 aromatic rings. The van der Waals surface area contributed by atoms with Gasteiger partial charge in [-0.15, -0.1) is 10.2 Å². The van der Waals surface area contributed by atoms with Crippen LogP contribution in [-0.2, 0) is 11.3 Å². The second kappa shape index (κ2) is 9.45. The number of nitrogens with one attached hydrogen (secondary N) is 1. The zero-order valence-corrected chi connectivity index (χ0v) is 17.9. The van der Waals surface area contributed by atoms with Crippen LogP contribution in [0.1, 0.15) is 13.8 Å². The van der Waals surface area contributed by atoms with Gasteiger partial charge in [-0.25, -0.2) is 0 Å². The van der Waals surface area contributed by atoms with Gasteiger partial charge in [0.1, 0.15) is 0 Å². The van der Waals surface area contributed by atoms with E-state index in [0.717, 1.165) is 23.1 Å². The standard InChI is InChI=1S/C20H20Cl2N4OS/c1-13(2)11-26-19(14-6-4-3-5-7-14)24-25-20(26)28-12-18(27)23-15-8-9-16(21)17(22)10-15/h3-10,13H,11-12H2,1-2H3,(H,23,27). The van der Waals surface area contributed by atoms with E-state index in [0.29, 0.717) is 21.7 Å². The molecular weight excluding hydrogens is 415 g/mol. The summed E-state index contributed by atoms with van der Waals surface area (Å²) >= 11 is 13.3. The Balaban J connectivity index is 1.72. The monoisotopic (exact) mass is 434 g/mol. The highest BCUT2D eigenvalue weighted by Crippen LogP contribution is 2.27. The van der Waals surface area contributed by atoms with Gasteiger partial charge >= 0.3 is 0 Å². The van der Waals surface area contributed by atoms with Crippen LogP contribution >= 0.6 is 35.0 Å². The van der Waals surface area contributed by atoms with E-state index < -0.39 is 0 Å². The Morgan fingerprint density at radius 3 is 2.54 bits per heavy atom. The van der Waals surface area contributed by atoms with Crippen LogP contribution in [-0.4, -0.2) is 26.4 Å². The average molecular weight is 435 g/mol. The summed E-state index contributed by atoms with van der Waals surface area (Å²) < 4.78 is 2.07. The molecule has 1 N–H and O–H groups in total. The normalized spacial score (nSPS) is 11.0. The van der Waals surface area contributed by atoms with Gasteiger partial charge in [-0.3, -0.25) is 4.79 Å². The number of rotatable bonds is 7. The minimum absolute atomic E-state index is 0.149. The number of carbonyl (C=O) groups is 1. The van der Waals surface area contributed by atoms with Crippen LogP contribution in [0.15, 0.2) is 53.7 Å². The van der Waals surface area contributed by atoms with E-state index in [4.69, 9.17) is 23.2 Å².